The molecule has 1 aromatic carbocycles. The second kappa shape index (κ2) is 4.99. The van der Waals surface area contributed by atoms with Crippen molar-refractivity contribution >= 4 is 17.6 Å². The van der Waals surface area contributed by atoms with Gasteiger partial charge in [-0.3, -0.25) is 9.59 Å². The van der Waals surface area contributed by atoms with Gasteiger partial charge in [0.25, 0.3) is 0 Å². The van der Waals surface area contributed by atoms with Gasteiger partial charge in [0.05, 0.1) is 5.41 Å². The second-order valence-corrected chi connectivity index (χ2v) is 4.65. The quantitative estimate of drug-likeness (QED) is 0.870. The summed E-state index contributed by atoms with van der Waals surface area (Å²) in [6.45, 7) is 3.10. The molecule has 0 saturated heterocycles. The Balaban J connectivity index is 2.75. The van der Waals surface area contributed by atoms with Crippen LogP contribution < -0.4 is 4.90 Å². The van der Waals surface area contributed by atoms with E-state index < -0.39 is 11.4 Å². The molecule has 0 bridgehead atoms. The van der Waals surface area contributed by atoms with E-state index in [1.165, 1.54) is 4.90 Å². The van der Waals surface area contributed by atoms with Crippen molar-refractivity contribution in [3.8, 4) is 0 Å². The first-order valence-corrected chi connectivity index (χ1v) is 5.39. The zero-order chi connectivity index (χ0) is 13.1. The SMILES string of the molecule is CN(C(=O)CC(C)(C)C(=O)O)c1ccccc1. The number of para-hydroxylation sites is 1. The standard InChI is InChI=1S/C13H17NO3/c1-13(2,12(16)17)9-11(15)14(3)10-7-5-4-6-8-10/h4-8H,9H2,1-3H3,(H,16,17). The Labute approximate surface area is 101 Å². The van der Waals surface area contributed by atoms with Gasteiger partial charge in [0.1, 0.15) is 0 Å². The highest BCUT2D eigenvalue weighted by atomic mass is 16.4. The molecule has 1 rings (SSSR count). The molecule has 1 amide bonds. The molecule has 0 spiro atoms. The van der Waals surface area contributed by atoms with Crippen molar-refractivity contribution in [2.24, 2.45) is 5.41 Å². The molecule has 4 heteroatoms. The zero-order valence-electron chi connectivity index (χ0n) is 10.3. The van der Waals surface area contributed by atoms with E-state index in [1.807, 2.05) is 30.3 Å². The number of amides is 1. The predicted molar refractivity (Wildman–Crippen MR) is 65.9 cm³/mol. The first-order valence-electron chi connectivity index (χ1n) is 5.39. The highest BCUT2D eigenvalue weighted by Crippen LogP contribution is 2.23. The van der Waals surface area contributed by atoms with Crippen molar-refractivity contribution in [2.45, 2.75) is 20.3 Å². The minimum atomic E-state index is -1.04. The van der Waals surface area contributed by atoms with Crippen molar-refractivity contribution in [3.05, 3.63) is 30.3 Å². The highest BCUT2D eigenvalue weighted by Gasteiger charge is 2.31. The Morgan fingerprint density at radius 3 is 2.24 bits per heavy atom. The number of anilines is 1. The average Bonchev–Trinajstić information content (AvgIpc) is 2.28. The topological polar surface area (TPSA) is 57.6 Å². The maximum Gasteiger partial charge on any atom is 0.309 e. The Kier molecular flexibility index (Phi) is 3.89. The van der Waals surface area contributed by atoms with Crippen LogP contribution in [0.4, 0.5) is 5.69 Å². The van der Waals surface area contributed by atoms with Gasteiger partial charge >= 0.3 is 5.97 Å². The Morgan fingerprint density at radius 1 is 1.24 bits per heavy atom. The summed E-state index contributed by atoms with van der Waals surface area (Å²) in [5.41, 5.74) is -0.279. The first kappa shape index (κ1) is 13.2. The van der Waals surface area contributed by atoms with Crippen molar-refractivity contribution < 1.29 is 14.7 Å². The van der Waals surface area contributed by atoms with Crippen LogP contribution in [0.15, 0.2) is 30.3 Å². The molecule has 0 aliphatic rings. The first-order chi connectivity index (χ1) is 7.84. The lowest BCUT2D eigenvalue weighted by atomic mass is 9.89. The Morgan fingerprint density at radius 2 is 1.76 bits per heavy atom. The fourth-order valence-corrected chi connectivity index (χ4v) is 1.37. The Bertz CT molecular complexity index is 412. The van der Waals surface area contributed by atoms with Crippen LogP contribution >= 0.6 is 0 Å². The molecular weight excluding hydrogens is 218 g/mol. The number of rotatable bonds is 4. The minimum absolute atomic E-state index is 0.0201. The van der Waals surface area contributed by atoms with Crippen LogP contribution in [0.25, 0.3) is 0 Å². The van der Waals surface area contributed by atoms with Gasteiger partial charge in [0, 0.05) is 19.2 Å². The van der Waals surface area contributed by atoms with Gasteiger partial charge in [-0.05, 0) is 26.0 Å². The minimum Gasteiger partial charge on any atom is -0.481 e. The normalized spacial score (nSPS) is 11.0. The third kappa shape index (κ3) is 3.31. The summed E-state index contributed by atoms with van der Waals surface area (Å²) in [5.74, 6) is -1.17. The summed E-state index contributed by atoms with van der Waals surface area (Å²) >= 11 is 0. The van der Waals surface area contributed by atoms with Gasteiger partial charge in [0.15, 0.2) is 0 Å². The molecule has 0 unspecified atom stereocenters. The molecule has 0 fully saturated rings. The van der Waals surface area contributed by atoms with E-state index >= 15 is 0 Å². The van der Waals surface area contributed by atoms with E-state index in [4.69, 9.17) is 5.11 Å². The highest BCUT2D eigenvalue weighted by molar-refractivity contribution is 5.95. The van der Waals surface area contributed by atoms with Crippen LogP contribution in [-0.4, -0.2) is 24.0 Å². The molecule has 0 saturated carbocycles. The molecule has 92 valence electrons. The smallest absolute Gasteiger partial charge is 0.309 e. The number of carboxylic acid groups (broad SMARTS) is 1. The number of aliphatic carboxylic acids is 1. The van der Waals surface area contributed by atoms with Crippen LogP contribution in [0.3, 0.4) is 0 Å². The van der Waals surface area contributed by atoms with Gasteiger partial charge in [-0.15, -0.1) is 0 Å². The number of hydrogen-bond donors (Lipinski definition) is 1. The molecule has 1 aromatic rings. The van der Waals surface area contributed by atoms with Crippen LogP contribution in [0.1, 0.15) is 20.3 Å². The van der Waals surface area contributed by atoms with Gasteiger partial charge in [-0.2, -0.15) is 0 Å². The molecule has 4 nitrogen and oxygen atoms in total. The van der Waals surface area contributed by atoms with Crippen molar-refractivity contribution in [2.75, 3.05) is 11.9 Å². The van der Waals surface area contributed by atoms with Gasteiger partial charge in [0.2, 0.25) is 5.91 Å². The largest absolute Gasteiger partial charge is 0.481 e. The fraction of sp³-hybridized carbons (Fsp3) is 0.385. The lowest BCUT2D eigenvalue weighted by Gasteiger charge is -2.23. The van der Waals surface area contributed by atoms with Crippen molar-refractivity contribution in [3.63, 3.8) is 0 Å². The lowest BCUT2D eigenvalue weighted by molar-refractivity contribution is -0.149. The van der Waals surface area contributed by atoms with Crippen LogP contribution in [0.5, 0.6) is 0 Å². The molecule has 0 radical (unpaired) electrons. The summed E-state index contributed by atoms with van der Waals surface area (Å²) in [4.78, 5) is 24.3. The van der Waals surface area contributed by atoms with E-state index in [0.717, 1.165) is 5.69 Å². The molecule has 0 aromatic heterocycles. The number of hydrogen-bond acceptors (Lipinski definition) is 2. The van der Waals surface area contributed by atoms with Crippen LogP contribution in [0, 0.1) is 5.41 Å². The van der Waals surface area contributed by atoms with E-state index in [9.17, 15) is 9.59 Å². The maximum atomic E-state index is 11.9. The van der Waals surface area contributed by atoms with Crippen LogP contribution in [-0.2, 0) is 9.59 Å². The molecule has 0 aliphatic carbocycles. The van der Waals surface area contributed by atoms with Crippen LogP contribution in [0.2, 0.25) is 0 Å². The molecule has 0 heterocycles. The third-order valence-electron chi connectivity index (χ3n) is 2.69. The molecule has 0 atom stereocenters. The van der Waals surface area contributed by atoms with Gasteiger partial charge in [-0.25, -0.2) is 0 Å². The second-order valence-electron chi connectivity index (χ2n) is 4.65. The molecular formula is C13H17NO3. The molecule has 17 heavy (non-hydrogen) atoms. The zero-order valence-corrected chi connectivity index (χ0v) is 10.3. The summed E-state index contributed by atoms with van der Waals surface area (Å²) in [7, 11) is 1.65. The summed E-state index contributed by atoms with van der Waals surface area (Å²) in [6.07, 6.45) is -0.0201. The number of carbonyl (C=O) groups excluding carboxylic acids is 1. The van der Waals surface area contributed by atoms with E-state index in [2.05, 4.69) is 0 Å². The molecule has 1 N–H and O–H groups in total. The van der Waals surface area contributed by atoms with Gasteiger partial charge in [-0.1, -0.05) is 18.2 Å². The van der Waals surface area contributed by atoms with Gasteiger partial charge < -0.3 is 10.0 Å². The lowest BCUT2D eigenvalue weighted by Crippen LogP contribution is -2.34. The molecule has 0 aliphatic heterocycles. The third-order valence-corrected chi connectivity index (χ3v) is 2.69. The summed E-state index contributed by atoms with van der Waals surface area (Å²) in [5, 5.41) is 8.97. The average molecular weight is 235 g/mol. The summed E-state index contributed by atoms with van der Waals surface area (Å²) in [6, 6.07) is 9.16. The van der Waals surface area contributed by atoms with Crippen molar-refractivity contribution in [1.29, 1.82) is 0 Å². The van der Waals surface area contributed by atoms with E-state index in [1.54, 1.807) is 20.9 Å². The number of carbonyl (C=O) groups is 2. The number of benzene rings is 1. The fourth-order valence-electron chi connectivity index (χ4n) is 1.37. The van der Waals surface area contributed by atoms with E-state index in [0.29, 0.717) is 0 Å². The van der Waals surface area contributed by atoms with Crippen molar-refractivity contribution in [1.82, 2.24) is 0 Å². The monoisotopic (exact) mass is 235 g/mol. The number of carboxylic acids is 1. The Hall–Kier alpha value is -1.84. The predicted octanol–water partition coefficient (Wildman–Crippen LogP) is 2.15. The number of nitrogens with zero attached hydrogens (tertiary/aromatic N) is 1. The van der Waals surface area contributed by atoms with E-state index in [-0.39, 0.29) is 12.3 Å². The maximum absolute atomic E-state index is 11.9. The summed E-state index contributed by atoms with van der Waals surface area (Å²) < 4.78 is 0.